The second-order valence-corrected chi connectivity index (χ2v) is 14.5. The number of rotatable bonds is 6. The van der Waals surface area contributed by atoms with E-state index in [9.17, 15) is 24.9 Å². The standard InChI is InChI=1S/C31H27O2P.C8H6O4/c1-21-8-14-24(15-9-21)34(25-16-10-22(2)11-17-25,26-18-12-23(3)13-19-26)30-20-29(32)27-6-4-5-7-28(27)31(30)33;9-7(10)5-3-1-2-4-6(5)8(11)12/h4-20H,1-3H3,(H-,32,33);1-4H,(H,9,10)(H,11,12). The average molecular weight is 629 g/mol. The lowest BCUT2D eigenvalue weighted by atomic mass is 10.1. The van der Waals surface area contributed by atoms with Crippen LogP contribution in [-0.4, -0.2) is 27.3 Å². The van der Waals surface area contributed by atoms with Crippen LogP contribution >= 0.6 is 7.26 Å². The summed E-state index contributed by atoms with van der Waals surface area (Å²) in [6.45, 7) is 6.25. The summed E-state index contributed by atoms with van der Waals surface area (Å²) in [7, 11) is -2.54. The predicted molar refractivity (Wildman–Crippen MR) is 184 cm³/mol. The monoisotopic (exact) mass is 628 g/mol. The maximum Gasteiger partial charge on any atom is 0.336 e. The molecule has 230 valence electrons. The van der Waals surface area contributed by atoms with Crippen molar-refractivity contribution in [3.63, 3.8) is 0 Å². The Bertz CT molecular complexity index is 1890. The first-order valence-corrected chi connectivity index (χ1v) is 16.4. The van der Waals surface area contributed by atoms with Gasteiger partial charge in [0.2, 0.25) is 0 Å². The number of aromatic hydroxyl groups is 2. The molecule has 0 spiro atoms. The van der Waals surface area contributed by atoms with Gasteiger partial charge >= 0.3 is 5.97 Å². The van der Waals surface area contributed by atoms with Crippen molar-refractivity contribution in [2.24, 2.45) is 0 Å². The molecule has 0 radical (unpaired) electrons. The maximum absolute atomic E-state index is 11.8. The molecule has 0 saturated carbocycles. The SMILES string of the molecule is Cc1ccc([P+](c2ccc(C)cc2)(c2ccc(C)cc2)c2cc(O)c3ccccc3c2O)cc1.O=C([O-])c1ccccc1C(=O)O. The number of benzene rings is 6. The van der Waals surface area contributed by atoms with Crippen LogP contribution in [0, 0.1) is 20.8 Å². The number of carbonyl (C=O) groups excluding carboxylic acids is 1. The quantitative estimate of drug-likeness (QED) is 0.165. The van der Waals surface area contributed by atoms with E-state index in [1.54, 1.807) is 6.07 Å². The Labute approximate surface area is 268 Å². The van der Waals surface area contributed by atoms with Crippen molar-refractivity contribution in [3.8, 4) is 11.5 Å². The van der Waals surface area contributed by atoms with Crippen molar-refractivity contribution in [2.75, 3.05) is 0 Å². The Kier molecular flexibility index (Phi) is 9.22. The van der Waals surface area contributed by atoms with Crippen molar-refractivity contribution >= 4 is 51.2 Å². The van der Waals surface area contributed by atoms with Gasteiger partial charge in [-0.25, -0.2) is 4.79 Å². The Morgan fingerprint density at radius 3 is 1.35 bits per heavy atom. The molecule has 0 heterocycles. The van der Waals surface area contributed by atoms with Crippen molar-refractivity contribution in [1.82, 2.24) is 0 Å². The van der Waals surface area contributed by atoms with Crippen molar-refractivity contribution in [3.05, 3.63) is 155 Å². The highest BCUT2D eigenvalue weighted by molar-refractivity contribution is 8.01. The molecular weight excluding hydrogens is 595 g/mol. The number of carbonyl (C=O) groups is 2. The van der Waals surface area contributed by atoms with E-state index < -0.39 is 19.2 Å². The van der Waals surface area contributed by atoms with E-state index in [4.69, 9.17) is 5.11 Å². The summed E-state index contributed by atoms with van der Waals surface area (Å²) in [6, 6.07) is 40.4. The molecule has 0 atom stereocenters. The number of carboxylic acids is 2. The third kappa shape index (κ3) is 6.08. The average Bonchev–Trinajstić information content (AvgIpc) is 3.06. The van der Waals surface area contributed by atoms with E-state index in [1.807, 2.05) is 24.3 Å². The first-order chi connectivity index (χ1) is 22.0. The fraction of sp³-hybridized carbons (Fsp3) is 0.0769. The van der Waals surface area contributed by atoms with Gasteiger partial charge in [0.15, 0.2) is 11.1 Å². The predicted octanol–water partition coefficient (Wildman–Crippen LogP) is 5.54. The summed E-state index contributed by atoms with van der Waals surface area (Å²) in [5.41, 5.74) is 2.99. The molecule has 0 amide bonds. The number of phenolic OH excluding ortho intramolecular Hbond substituents is 2. The van der Waals surface area contributed by atoms with Gasteiger partial charge in [-0.15, -0.1) is 0 Å². The lowest BCUT2D eigenvalue weighted by Gasteiger charge is -2.29. The highest BCUT2D eigenvalue weighted by atomic mass is 31.2. The van der Waals surface area contributed by atoms with E-state index >= 15 is 0 Å². The molecule has 0 unspecified atom stereocenters. The van der Waals surface area contributed by atoms with Gasteiger partial charge in [0, 0.05) is 22.4 Å². The van der Waals surface area contributed by atoms with E-state index in [0.717, 1.165) is 21.2 Å². The fourth-order valence-corrected chi connectivity index (χ4v) is 9.87. The lowest BCUT2D eigenvalue weighted by molar-refractivity contribution is -0.255. The zero-order valence-electron chi connectivity index (χ0n) is 25.6. The van der Waals surface area contributed by atoms with Gasteiger partial charge in [-0.1, -0.05) is 95.6 Å². The van der Waals surface area contributed by atoms with E-state index in [1.165, 1.54) is 41.0 Å². The van der Waals surface area contributed by atoms with Crippen LogP contribution in [0.3, 0.4) is 0 Å². The molecule has 6 rings (SSSR count). The fourth-order valence-electron chi connectivity index (χ4n) is 5.60. The second-order valence-electron chi connectivity index (χ2n) is 11.1. The molecule has 6 aromatic carbocycles. The van der Waals surface area contributed by atoms with Gasteiger partial charge < -0.3 is 25.2 Å². The number of fused-ring (bicyclic) bond motifs is 1. The smallest absolute Gasteiger partial charge is 0.336 e. The molecule has 0 saturated heterocycles. The maximum atomic E-state index is 11.8. The van der Waals surface area contributed by atoms with Gasteiger partial charge in [-0.05, 0) is 63.2 Å². The van der Waals surface area contributed by atoms with Crippen molar-refractivity contribution < 1.29 is 30.0 Å². The first-order valence-electron chi connectivity index (χ1n) is 14.6. The molecular formula is C39H33O6P. The van der Waals surface area contributed by atoms with Crippen molar-refractivity contribution in [1.29, 1.82) is 0 Å². The Morgan fingerprint density at radius 1 is 0.565 bits per heavy atom. The number of aromatic carboxylic acids is 2. The van der Waals surface area contributed by atoms with Gasteiger partial charge in [-0.2, -0.15) is 0 Å². The number of hydrogen-bond acceptors (Lipinski definition) is 5. The largest absolute Gasteiger partial charge is 0.545 e. The molecule has 0 aromatic heterocycles. The highest BCUT2D eigenvalue weighted by Crippen LogP contribution is 2.57. The van der Waals surface area contributed by atoms with Gasteiger partial charge in [0.1, 0.15) is 28.9 Å². The summed E-state index contributed by atoms with van der Waals surface area (Å²) in [6.07, 6.45) is 0. The van der Waals surface area contributed by atoms with Crippen LogP contribution in [0.4, 0.5) is 0 Å². The number of hydrogen-bond donors (Lipinski definition) is 3. The van der Waals surface area contributed by atoms with Crippen LogP contribution in [0.2, 0.25) is 0 Å². The van der Waals surface area contributed by atoms with Crippen LogP contribution in [0.5, 0.6) is 11.5 Å². The molecule has 0 aliphatic heterocycles. The van der Waals surface area contributed by atoms with Gasteiger partial charge in [0.05, 0.1) is 11.5 Å². The molecule has 6 nitrogen and oxygen atoms in total. The molecule has 0 bridgehead atoms. The van der Waals surface area contributed by atoms with E-state index in [0.29, 0.717) is 10.8 Å². The second kappa shape index (κ2) is 13.3. The van der Waals surface area contributed by atoms with Crippen LogP contribution in [0.25, 0.3) is 10.8 Å². The zero-order chi connectivity index (χ0) is 33.0. The van der Waals surface area contributed by atoms with Crippen LogP contribution < -0.4 is 26.3 Å². The Balaban J connectivity index is 0.000000293. The summed E-state index contributed by atoms with van der Waals surface area (Å²) in [5.74, 6) is -2.34. The molecule has 7 heteroatoms. The lowest BCUT2D eigenvalue weighted by Crippen LogP contribution is -2.39. The zero-order valence-corrected chi connectivity index (χ0v) is 26.5. The van der Waals surface area contributed by atoms with Crippen LogP contribution in [0.15, 0.2) is 127 Å². The third-order valence-electron chi connectivity index (χ3n) is 7.98. The van der Waals surface area contributed by atoms with Gasteiger partial charge in [0.25, 0.3) is 0 Å². The van der Waals surface area contributed by atoms with Crippen LogP contribution in [-0.2, 0) is 0 Å². The van der Waals surface area contributed by atoms with E-state index in [-0.39, 0.29) is 22.6 Å². The van der Waals surface area contributed by atoms with Gasteiger partial charge in [-0.3, -0.25) is 0 Å². The molecule has 0 aliphatic carbocycles. The third-order valence-corrected chi connectivity index (χ3v) is 12.3. The molecule has 0 fully saturated rings. The minimum absolute atomic E-state index is 0.180. The minimum Gasteiger partial charge on any atom is -0.545 e. The molecule has 6 aromatic rings. The van der Waals surface area contributed by atoms with Crippen LogP contribution in [0.1, 0.15) is 37.4 Å². The topological polar surface area (TPSA) is 118 Å². The normalized spacial score (nSPS) is 11.0. The number of aryl methyl sites for hydroxylation is 3. The summed E-state index contributed by atoms with van der Waals surface area (Å²) in [5, 5.41) is 47.2. The Morgan fingerprint density at radius 2 is 0.957 bits per heavy atom. The molecule has 0 aliphatic rings. The first kappa shape index (κ1) is 32.0. The summed E-state index contributed by atoms with van der Waals surface area (Å²) < 4.78 is 0. The van der Waals surface area contributed by atoms with Crippen molar-refractivity contribution in [2.45, 2.75) is 20.8 Å². The number of phenols is 2. The Hall–Kier alpha value is -5.45. The highest BCUT2D eigenvalue weighted by Gasteiger charge is 2.50. The molecule has 3 N–H and O–H groups in total. The van der Waals surface area contributed by atoms with E-state index in [2.05, 4.69) is 93.6 Å². The minimum atomic E-state index is -2.54. The summed E-state index contributed by atoms with van der Waals surface area (Å²) >= 11 is 0. The number of carboxylic acid groups (broad SMARTS) is 2. The summed E-state index contributed by atoms with van der Waals surface area (Å²) in [4.78, 5) is 20.8. The molecule has 46 heavy (non-hydrogen) atoms.